The summed E-state index contributed by atoms with van der Waals surface area (Å²) in [6, 6.07) is -1.23. The highest BCUT2D eigenvalue weighted by Gasteiger charge is 2.42. The number of likely N-dealkylation sites (tertiary alicyclic amines) is 1. The summed E-state index contributed by atoms with van der Waals surface area (Å²) in [5.41, 5.74) is 5.69. The van der Waals surface area contributed by atoms with Crippen molar-refractivity contribution in [2.75, 3.05) is 19.4 Å². The van der Waals surface area contributed by atoms with Crippen LogP contribution in [0.1, 0.15) is 51.5 Å². The Morgan fingerprint density at radius 3 is 2.80 bits per heavy atom. The summed E-state index contributed by atoms with van der Waals surface area (Å²) in [5.74, 6) is -0.363. The van der Waals surface area contributed by atoms with Crippen LogP contribution in [0.2, 0.25) is 0 Å². The van der Waals surface area contributed by atoms with Gasteiger partial charge in [-0.2, -0.15) is 0 Å². The average molecular weight is 352 g/mol. The second-order valence-electron chi connectivity index (χ2n) is 6.53. The molecule has 1 aliphatic heterocycles. The van der Waals surface area contributed by atoms with Crippen LogP contribution in [-0.4, -0.2) is 57.2 Å². The van der Waals surface area contributed by atoms with Gasteiger partial charge in [0.05, 0.1) is 19.5 Å². The third kappa shape index (κ3) is 4.72. The quantitative estimate of drug-likeness (QED) is 0.536. The number of carbonyl (C=O) groups excluding carboxylic acids is 2. The zero-order valence-electron chi connectivity index (χ0n) is 14.9. The Morgan fingerprint density at radius 2 is 2.20 bits per heavy atom. The molecule has 25 heavy (non-hydrogen) atoms. The second kappa shape index (κ2) is 8.84. The Hall–Kier alpha value is -2.09. The van der Waals surface area contributed by atoms with Gasteiger partial charge < -0.3 is 25.0 Å². The van der Waals surface area contributed by atoms with Crippen LogP contribution in [0.4, 0.5) is 5.82 Å². The maximum atomic E-state index is 13.1. The van der Waals surface area contributed by atoms with Gasteiger partial charge in [-0.3, -0.25) is 4.79 Å². The topological polar surface area (TPSA) is 111 Å². The van der Waals surface area contributed by atoms with Gasteiger partial charge in [-0.05, 0) is 6.42 Å². The minimum Gasteiger partial charge on any atom is -0.467 e. The number of ether oxygens (including phenoxy) is 1. The molecular weight excluding hydrogens is 324 g/mol. The van der Waals surface area contributed by atoms with E-state index in [2.05, 4.69) is 11.9 Å². The lowest BCUT2D eigenvalue weighted by Crippen LogP contribution is -2.44. The van der Waals surface area contributed by atoms with Crippen molar-refractivity contribution in [1.29, 1.82) is 0 Å². The summed E-state index contributed by atoms with van der Waals surface area (Å²) in [5, 5.41) is 9.92. The lowest BCUT2D eigenvalue weighted by Gasteiger charge is -2.28. The van der Waals surface area contributed by atoms with E-state index in [0.717, 1.165) is 25.7 Å². The maximum Gasteiger partial charge on any atom is 0.328 e. The lowest BCUT2D eigenvalue weighted by atomic mass is 10.1. The maximum absolute atomic E-state index is 13.1. The van der Waals surface area contributed by atoms with E-state index >= 15 is 0 Å². The molecule has 8 heteroatoms. The molecule has 1 aromatic heterocycles. The fourth-order valence-electron chi connectivity index (χ4n) is 3.30. The fourth-order valence-corrected chi connectivity index (χ4v) is 3.30. The highest BCUT2D eigenvalue weighted by Crippen LogP contribution is 2.26. The molecule has 0 radical (unpaired) electrons. The zero-order chi connectivity index (χ0) is 18.4. The number of hydrogen-bond donors (Lipinski definition) is 2. The molecule has 0 saturated carbocycles. The van der Waals surface area contributed by atoms with Gasteiger partial charge in [-0.1, -0.05) is 32.6 Å². The van der Waals surface area contributed by atoms with Gasteiger partial charge in [0.25, 0.3) is 0 Å². The second-order valence-corrected chi connectivity index (χ2v) is 6.53. The Labute approximate surface area is 148 Å². The van der Waals surface area contributed by atoms with Crippen LogP contribution in [0, 0.1) is 0 Å². The van der Waals surface area contributed by atoms with Crippen LogP contribution >= 0.6 is 0 Å². The number of nitrogen functional groups attached to an aromatic ring is 1. The molecule has 1 saturated heterocycles. The van der Waals surface area contributed by atoms with Crippen molar-refractivity contribution < 1.29 is 19.4 Å². The Balaban J connectivity index is 2.17. The number of hydrogen-bond acceptors (Lipinski definition) is 6. The van der Waals surface area contributed by atoms with E-state index in [1.165, 1.54) is 18.3 Å². The number of nitrogens with zero attached hydrogens (tertiary/aromatic N) is 3. The largest absolute Gasteiger partial charge is 0.467 e. The van der Waals surface area contributed by atoms with Crippen molar-refractivity contribution in [3.63, 3.8) is 0 Å². The number of anilines is 1. The van der Waals surface area contributed by atoms with Crippen LogP contribution < -0.4 is 5.73 Å². The van der Waals surface area contributed by atoms with Crippen molar-refractivity contribution in [3.05, 3.63) is 12.5 Å². The van der Waals surface area contributed by atoms with Crippen LogP contribution in [0.5, 0.6) is 0 Å². The van der Waals surface area contributed by atoms with Gasteiger partial charge in [-0.25, -0.2) is 9.78 Å². The van der Waals surface area contributed by atoms with Crippen LogP contribution in [0.3, 0.4) is 0 Å². The number of aliphatic hydroxyl groups excluding tert-OH is 1. The first-order valence-electron chi connectivity index (χ1n) is 8.83. The molecule has 140 valence electrons. The third-order valence-electron chi connectivity index (χ3n) is 4.63. The van der Waals surface area contributed by atoms with Gasteiger partial charge in [0.1, 0.15) is 17.9 Å². The number of imidazole rings is 1. The summed E-state index contributed by atoms with van der Waals surface area (Å²) < 4.78 is 6.48. The first-order chi connectivity index (χ1) is 12.0. The summed E-state index contributed by atoms with van der Waals surface area (Å²) in [4.78, 5) is 30.5. The van der Waals surface area contributed by atoms with Gasteiger partial charge in [-0.15, -0.1) is 0 Å². The monoisotopic (exact) mass is 352 g/mol. The number of nitrogens with two attached hydrogens (primary N) is 1. The predicted molar refractivity (Wildman–Crippen MR) is 92.6 cm³/mol. The molecule has 3 N–H and O–H groups in total. The molecular formula is C17H28N4O4. The molecule has 1 fully saturated rings. The van der Waals surface area contributed by atoms with E-state index in [1.54, 1.807) is 10.8 Å². The molecule has 1 aromatic rings. The average Bonchev–Trinajstić information content (AvgIpc) is 3.19. The molecule has 0 aromatic carbocycles. The van der Waals surface area contributed by atoms with Gasteiger partial charge in [0, 0.05) is 19.2 Å². The standard InChI is InChI=1S/C17H28N4O4/c1-3-4-5-6-7-13(20-10-15(18)19-11-20)16(23)21-9-12(22)8-14(21)17(24)25-2/h10-14,22H,3-9,18H2,1-2H3/t12-,13+,14-/m0/s1. The van der Waals surface area contributed by atoms with Gasteiger partial charge in [0.2, 0.25) is 5.91 Å². The number of unbranched alkanes of at least 4 members (excludes halogenated alkanes) is 3. The summed E-state index contributed by atoms with van der Waals surface area (Å²) in [6.07, 6.45) is 7.43. The molecule has 3 atom stereocenters. The molecule has 2 rings (SSSR count). The Morgan fingerprint density at radius 1 is 1.44 bits per heavy atom. The van der Waals surface area contributed by atoms with Crippen molar-refractivity contribution in [2.24, 2.45) is 0 Å². The Bertz CT molecular complexity index is 589. The zero-order valence-corrected chi connectivity index (χ0v) is 14.9. The number of esters is 1. The third-order valence-corrected chi connectivity index (χ3v) is 4.63. The Kier molecular flexibility index (Phi) is 6.81. The summed E-state index contributed by atoms with van der Waals surface area (Å²) in [7, 11) is 1.29. The highest BCUT2D eigenvalue weighted by molar-refractivity contribution is 5.87. The van der Waals surface area contributed by atoms with E-state index < -0.39 is 24.2 Å². The molecule has 0 spiro atoms. The number of aromatic nitrogens is 2. The number of methoxy groups -OCH3 is 1. The first kappa shape index (κ1) is 19.2. The number of rotatable bonds is 8. The van der Waals surface area contributed by atoms with Crippen molar-refractivity contribution in [1.82, 2.24) is 14.5 Å². The smallest absolute Gasteiger partial charge is 0.328 e. The van der Waals surface area contributed by atoms with E-state index in [1.807, 2.05) is 0 Å². The number of aliphatic hydroxyl groups is 1. The molecule has 0 bridgehead atoms. The van der Waals surface area contributed by atoms with Crippen LogP contribution in [-0.2, 0) is 14.3 Å². The number of β-amino-alcohol motifs (C(OH)–C–C–N with tert-alkyl or cyclic N) is 1. The number of carbonyl (C=O) groups is 2. The summed E-state index contributed by atoms with van der Waals surface area (Å²) in [6.45, 7) is 2.26. The molecule has 1 amide bonds. The van der Waals surface area contributed by atoms with E-state index in [-0.39, 0.29) is 18.9 Å². The molecule has 8 nitrogen and oxygen atoms in total. The predicted octanol–water partition coefficient (Wildman–Crippen LogP) is 1.11. The van der Waals surface area contributed by atoms with E-state index in [4.69, 9.17) is 10.5 Å². The molecule has 0 unspecified atom stereocenters. The minimum atomic E-state index is -0.744. The van der Waals surface area contributed by atoms with Crippen molar-refractivity contribution >= 4 is 17.7 Å². The minimum absolute atomic E-state index is 0.133. The fraction of sp³-hybridized carbons (Fsp3) is 0.706. The normalized spacial score (nSPS) is 21.3. The van der Waals surface area contributed by atoms with Crippen molar-refractivity contribution in [3.8, 4) is 0 Å². The molecule has 1 aliphatic rings. The van der Waals surface area contributed by atoms with E-state index in [9.17, 15) is 14.7 Å². The van der Waals surface area contributed by atoms with E-state index in [0.29, 0.717) is 12.2 Å². The molecule has 0 aliphatic carbocycles. The lowest BCUT2D eigenvalue weighted by molar-refractivity contribution is -0.152. The van der Waals surface area contributed by atoms with Gasteiger partial charge >= 0.3 is 5.97 Å². The highest BCUT2D eigenvalue weighted by atomic mass is 16.5. The molecule has 2 heterocycles. The van der Waals surface area contributed by atoms with Gasteiger partial charge in [0.15, 0.2) is 0 Å². The van der Waals surface area contributed by atoms with Crippen LogP contribution in [0.15, 0.2) is 12.5 Å². The first-order valence-corrected chi connectivity index (χ1v) is 8.83. The SMILES string of the molecule is CCCCCC[C@H](C(=O)N1C[C@@H](O)C[C@H]1C(=O)OC)n1cnc(N)c1. The van der Waals surface area contributed by atoms with Crippen molar-refractivity contribution in [2.45, 2.75) is 63.6 Å². The number of amides is 1. The van der Waals surface area contributed by atoms with Crippen LogP contribution in [0.25, 0.3) is 0 Å². The summed E-state index contributed by atoms with van der Waals surface area (Å²) >= 11 is 0.